The van der Waals surface area contributed by atoms with Crippen LogP contribution in [-0.2, 0) is 17.8 Å². The van der Waals surface area contributed by atoms with Crippen LogP contribution in [0, 0.1) is 0 Å². The zero-order valence-electron chi connectivity index (χ0n) is 8.64. The van der Waals surface area contributed by atoms with Crippen molar-refractivity contribution in [2.24, 2.45) is 0 Å². The van der Waals surface area contributed by atoms with Gasteiger partial charge in [0, 0.05) is 10.0 Å². The predicted molar refractivity (Wildman–Crippen MR) is 66.3 cm³/mol. The van der Waals surface area contributed by atoms with Crippen LogP contribution in [0.15, 0.2) is 15.0 Å². The number of fused-ring (bicyclic) bond motifs is 1. The van der Waals surface area contributed by atoms with Crippen molar-refractivity contribution in [3.63, 3.8) is 0 Å². The first-order valence-corrected chi connectivity index (χ1v) is 6.37. The Balaban J connectivity index is 2.57. The minimum atomic E-state index is 0.277. The van der Waals surface area contributed by atoms with Crippen molar-refractivity contribution in [3.05, 3.63) is 26.1 Å². The van der Waals surface area contributed by atoms with Crippen LogP contribution in [0.2, 0.25) is 0 Å². The standard InChI is InChI=1S/C11H12Br2O2/c1-6-3-7-8(5-15-6)11(14-2)10(13)4-9(7)12/h4,6H,3,5H2,1-2H3/t6-/m0/s1. The van der Waals surface area contributed by atoms with Crippen molar-refractivity contribution in [2.45, 2.75) is 26.1 Å². The number of benzene rings is 1. The molecule has 1 aromatic carbocycles. The Labute approximate surface area is 106 Å². The molecule has 1 heterocycles. The van der Waals surface area contributed by atoms with Gasteiger partial charge < -0.3 is 9.47 Å². The molecule has 0 N–H and O–H groups in total. The average molecular weight is 336 g/mol. The maximum atomic E-state index is 5.64. The number of halogens is 2. The summed E-state index contributed by atoms with van der Waals surface area (Å²) >= 11 is 7.07. The Morgan fingerprint density at radius 1 is 1.33 bits per heavy atom. The lowest BCUT2D eigenvalue weighted by molar-refractivity contribution is 0.0393. The van der Waals surface area contributed by atoms with Crippen molar-refractivity contribution < 1.29 is 9.47 Å². The summed E-state index contributed by atoms with van der Waals surface area (Å²) in [7, 11) is 1.69. The SMILES string of the molecule is COc1c(Br)cc(Br)c2c1CO[C@@H](C)C2. The average Bonchev–Trinajstić information content (AvgIpc) is 2.19. The van der Waals surface area contributed by atoms with Gasteiger partial charge in [0.1, 0.15) is 5.75 Å². The maximum Gasteiger partial charge on any atom is 0.138 e. The summed E-state index contributed by atoms with van der Waals surface area (Å²) in [6, 6.07) is 2.04. The molecule has 15 heavy (non-hydrogen) atoms. The molecule has 2 nitrogen and oxygen atoms in total. The molecule has 0 amide bonds. The van der Waals surface area contributed by atoms with E-state index in [4.69, 9.17) is 9.47 Å². The maximum absolute atomic E-state index is 5.64. The second-order valence-corrected chi connectivity index (χ2v) is 5.36. The van der Waals surface area contributed by atoms with E-state index in [-0.39, 0.29) is 6.10 Å². The highest BCUT2D eigenvalue weighted by Crippen LogP contribution is 2.39. The van der Waals surface area contributed by atoms with Crippen molar-refractivity contribution in [1.82, 2.24) is 0 Å². The van der Waals surface area contributed by atoms with Gasteiger partial charge in [0.2, 0.25) is 0 Å². The summed E-state index contributed by atoms with van der Waals surface area (Å²) in [5.74, 6) is 0.889. The molecule has 0 unspecified atom stereocenters. The Kier molecular flexibility index (Phi) is 3.38. The molecule has 0 aromatic heterocycles. The van der Waals surface area contributed by atoms with Crippen LogP contribution in [0.5, 0.6) is 5.75 Å². The Hall–Kier alpha value is -0.0600. The lowest BCUT2D eigenvalue weighted by Gasteiger charge is -2.25. The van der Waals surface area contributed by atoms with E-state index in [0.29, 0.717) is 6.61 Å². The molecule has 0 saturated heterocycles. The largest absolute Gasteiger partial charge is 0.495 e. The van der Waals surface area contributed by atoms with E-state index in [2.05, 4.69) is 38.8 Å². The van der Waals surface area contributed by atoms with Gasteiger partial charge in [-0.3, -0.25) is 0 Å². The van der Waals surface area contributed by atoms with E-state index in [9.17, 15) is 0 Å². The molecule has 1 aliphatic heterocycles. The summed E-state index contributed by atoms with van der Waals surface area (Å²) in [6.07, 6.45) is 1.21. The third-order valence-corrected chi connectivity index (χ3v) is 3.90. The van der Waals surface area contributed by atoms with E-state index in [0.717, 1.165) is 26.7 Å². The molecular weight excluding hydrogens is 324 g/mol. The Morgan fingerprint density at radius 3 is 2.73 bits per heavy atom. The minimum Gasteiger partial charge on any atom is -0.495 e. The number of hydrogen-bond donors (Lipinski definition) is 0. The molecular formula is C11H12Br2O2. The molecule has 0 bridgehead atoms. The van der Waals surface area contributed by atoms with Gasteiger partial charge in [0.25, 0.3) is 0 Å². The number of hydrogen-bond acceptors (Lipinski definition) is 2. The van der Waals surface area contributed by atoms with Crippen molar-refractivity contribution in [2.75, 3.05) is 7.11 Å². The summed E-state index contributed by atoms with van der Waals surface area (Å²) in [4.78, 5) is 0. The molecule has 82 valence electrons. The molecule has 0 spiro atoms. The van der Waals surface area contributed by atoms with Gasteiger partial charge in [-0.25, -0.2) is 0 Å². The zero-order valence-corrected chi connectivity index (χ0v) is 11.8. The number of rotatable bonds is 1. The fraction of sp³-hybridized carbons (Fsp3) is 0.455. The smallest absolute Gasteiger partial charge is 0.138 e. The van der Waals surface area contributed by atoms with E-state index < -0.39 is 0 Å². The lowest BCUT2D eigenvalue weighted by Crippen LogP contribution is -2.20. The normalized spacial score (nSPS) is 19.9. The topological polar surface area (TPSA) is 18.5 Å². The molecule has 4 heteroatoms. The van der Waals surface area contributed by atoms with E-state index in [1.807, 2.05) is 6.07 Å². The highest BCUT2D eigenvalue weighted by molar-refractivity contribution is 9.11. The molecule has 0 fully saturated rings. The molecule has 2 rings (SSSR count). The van der Waals surface area contributed by atoms with Gasteiger partial charge in [-0.2, -0.15) is 0 Å². The summed E-state index contributed by atoms with van der Waals surface area (Å²) in [6.45, 7) is 2.71. The number of ether oxygens (including phenoxy) is 2. The summed E-state index contributed by atoms with van der Waals surface area (Å²) in [5, 5.41) is 0. The molecule has 1 aromatic rings. The second kappa shape index (κ2) is 4.44. The van der Waals surface area contributed by atoms with Crippen LogP contribution in [-0.4, -0.2) is 13.2 Å². The number of methoxy groups -OCH3 is 1. The quantitative estimate of drug-likeness (QED) is 0.779. The van der Waals surface area contributed by atoms with Crippen LogP contribution >= 0.6 is 31.9 Å². The Bertz CT molecular complexity index is 391. The third-order valence-electron chi connectivity index (χ3n) is 2.60. The highest BCUT2D eigenvalue weighted by Gasteiger charge is 2.23. The lowest BCUT2D eigenvalue weighted by atomic mass is 9.99. The van der Waals surface area contributed by atoms with E-state index in [1.165, 1.54) is 5.56 Å². The molecule has 0 aliphatic carbocycles. The van der Waals surface area contributed by atoms with E-state index >= 15 is 0 Å². The van der Waals surface area contributed by atoms with Crippen LogP contribution in [0.3, 0.4) is 0 Å². The third kappa shape index (κ3) is 2.08. The molecule has 0 saturated carbocycles. The van der Waals surface area contributed by atoms with Crippen LogP contribution < -0.4 is 4.74 Å². The summed E-state index contributed by atoms with van der Waals surface area (Å²) < 4.78 is 13.1. The van der Waals surface area contributed by atoms with Gasteiger partial charge in [0.05, 0.1) is 24.3 Å². The fourth-order valence-corrected chi connectivity index (χ4v) is 3.42. The monoisotopic (exact) mass is 334 g/mol. The van der Waals surface area contributed by atoms with Gasteiger partial charge in [-0.05, 0) is 40.9 Å². The van der Waals surface area contributed by atoms with Crippen LogP contribution in [0.25, 0.3) is 0 Å². The first-order chi connectivity index (χ1) is 7.13. The molecule has 1 atom stereocenters. The van der Waals surface area contributed by atoms with Crippen LogP contribution in [0.4, 0.5) is 0 Å². The summed E-state index contributed by atoms with van der Waals surface area (Å²) in [5.41, 5.74) is 2.45. The molecule has 1 aliphatic rings. The van der Waals surface area contributed by atoms with Gasteiger partial charge in [-0.1, -0.05) is 15.9 Å². The van der Waals surface area contributed by atoms with Crippen LogP contribution in [0.1, 0.15) is 18.1 Å². The Morgan fingerprint density at radius 2 is 2.07 bits per heavy atom. The van der Waals surface area contributed by atoms with Crippen molar-refractivity contribution >= 4 is 31.9 Å². The second-order valence-electron chi connectivity index (χ2n) is 3.66. The highest BCUT2D eigenvalue weighted by atomic mass is 79.9. The van der Waals surface area contributed by atoms with Gasteiger partial charge in [0.15, 0.2) is 0 Å². The predicted octanol–water partition coefficient (Wildman–Crippen LogP) is 3.68. The van der Waals surface area contributed by atoms with E-state index in [1.54, 1.807) is 7.11 Å². The van der Waals surface area contributed by atoms with Gasteiger partial charge >= 0.3 is 0 Å². The fourth-order valence-electron chi connectivity index (χ4n) is 1.86. The van der Waals surface area contributed by atoms with Gasteiger partial charge in [-0.15, -0.1) is 0 Å². The first kappa shape index (κ1) is 11.4. The molecule has 0 radical (unpaired) electrons. The van der Waals surface area contributed by atoms with Crippen molar-refractivity contribution in [1.29, 1.82) is 0 Å². The first-order valence-electron chi connectivity index (χ1n) is 4.78. The van der Waals surface area contributed by atoms with Crippen molar-refractivity contribution in [3.8, 4) is 5.75 Å². The minimum absolute atomic E-state index is 0.277. The zero-order chi connectivity index (χ0) is 11.0.